The van der Waals surface area contributed by atoms with E-state index in [0.29, 0.717) is 13.0 Å². The lowest BCUT2D eigenvalue weighted by molar-refractivity contribution is -0.131. The molecule has 1 aromatic carbocycles. The van der Waals surface area contributed by atoms with Crippen molar-refractivity contribution in [1.82, 2.24) is 20.5 Å². The van der Waals surface area contributed by atoms with Gasteiger partial charge < -0.3 is 15.6 Å². The van der Waals surface area contributed by atoms with Crippen LogP contribution in [0, 0.1) is 0 Å². The zero-order chi connectivity index (χ0) is 18.8. The fourth-order valence-electron chi connectivity index (χ4n) is 4.04. The molecule has 0 radical (unpaired) electrons. The van der Waals surface area contributed by atoms with Gasteiger partial charge in [0.05, 0.1) is 6.42 Å². The predicted octanol–water partition coefficient (Wildman–Crippen LogP) is 2.08. The van der Waals surface area contributed by atoms with Gasteiger partial charge in [-0.25, -0.2) is 4.79 Å². The topological polar surface area (TPSA) is 94.3 Å². The molecule has 1 unspecified atom stereocenters. The largest absolute Gasteiger partial charge is 0.361 e. The number of aromatic nitrogens is 1. The first-order valence-corrected chi connectivity index (χ1v) is 9.58. The third kappa shape index (κ3) is 3.67. The number of aromatic amines is 1. The lowest BCUT2D eigenvalue weighted by Gasteiger charge is -2.14. The summed E-state index contributed by atoms with van der Waals surface area (Å²) in [5.41, 5.74) is 2.10. The minimum atomic E-state index is -0.762. The molecule has 27 heavy (non-hydrogen) atoms. The highest BCUT2D eigenvalue weighted by molar-refractivity contribution is 6.05. The van der Waals surface area contributed by atoms with E-state index >= 15 is 0 Å². The Morgan fingerprint density at radius 2 is 1.96 bits per heavy atom. The number of rotatable bonds is 6. The highest BCUT2D eigenvalue weighted by Crippen LogP contribution is 2.20. The molecule has 1 aliphatic carbocycles. The van der Waals surface area contributed by atoms with Crippen LogP contribution in [0.4, 0.5) is 4.79 Å². The first-order chi connectivity index (χ1) is 13.1. The first-order valence-electron chi connectivity index (χ1n) is 9.58. The van der Waals surface area contributed by atoms with Crippen molar-refractivity contribution in [2.24, 2.45) is 0 Å². The van der Waals surface area contributed by atoms with Crippen LogP contribution in [0.25, 0.3) is 10.9 Å². The number of hydrogen-bond acceptors (Lipinski definition) is 3. The Hall–Kier alpha value is -2.83. The Balaban J connectivity index is 1.34. The van der Waals surface area contributed by atoms with Gasteiger partial charge in [-0.2, -0.15) is 0 Å². The molecule has 7 heteroatoms. The smallest absolute Gasteiger partial charge is 0.324 e. The lowest BCUT2D eigenvalue weighted by atomic mass is 10.1. The third-order valence-corrected chi connectivity index (χ3v) is 5.50. The molecule has 1 saturated heterocycles. The van der Waals surface area contributed by atoms with Gasteiger partial charge in [0.15, 0.2) is 0 Å². The van der Waals surface area contributed by atoms with Crippen LogP contribution in [0.15, 0.2) is 30.5 Å². The number of urea groups is 1. The summed E-state index contributed by atoms with van der Waals surface area (Å²) in [4.78, 5) is 41.3. The number of amides is 4. The molecular weight excluding hydrogens is 344 g/mol. The molecule has 1 aliphatic heterocycles. The number of carbonyl (C=O) groups excluding carboxylic acids is 3. The van der Waals surface area contributed by atoms with E-state index < -0.39 is 12.1 Å². The van der Waals surface area contributed by atoms with E-state index in [0.717, 1.165) is 42.1 Å². The number of para-hydroxylation sites is 1. The number of hydrogen-bond donors (Lipinski definition) is 3. The van der Waals surface area contributed by atoms with Crippen molar-refractivity contribution in [3.8, 4) is 0 Å². The molecule has 2 aromatic rings. The Labute approximate surface area is 157 Å². The van der Waals surface area contributed by atoms with Crippen LogP contribution >= 0.6 is 0 Å². The second-order valence-corrected chi connectivity index (χ2v) is 7.35. The quantitative estimate of drug-likeness (QED) is 0.682. The summed E-state index contributed by atoms with van der Waals surface area (Å²) in [6.07, 6.45) is 6.74. The van der Waals surface area contributed by atoms with Crippen LogP contribution in [0.5, 0.6) is 0 Å². The maximum atomic E-state index is 12.6. The van der Waals surface area contributed by atoms with Gasteiger partial charge in [0.2, 0.25) is 5.91 Å². The molecule has 4 amide bonds. The maximum Gasteiger partial charge on any atom is 0.324 e. The summed E-state index contributed by atoms with van der Waals surface area (Å²) in [5.74, 6) is -0.486. The molecule has 1 aromatic heterocycles. The van der Waals surface area contributed by atoms with E-state index in [1.165, 1.54) is 4.90 Å². The number of nitrogens with one attached hydrogen (secondary N) is 3. The molecule has 4 rings (SSSR count). The summed E-state index contributed by atoms with van der Waals surface area (Å²) < 4.78 is 0. The lowest BCUT2D eigenvalue weighted by Crippen LogP contribution is -2.39. The minimum absolute atomic E-state index is 0.00462. The molecule has 3 N–H and O–H groups in total. The van der Waals surface area contributed by atoms with Crippen LogP contribution in [0.1, 0.15) is 37.7 Å². The van der Waals surface area contributed by atoms with Crippen molar-refractivity contribution in [3.05, 3.63) is 36.0 Å². The zero-order valence-electron chi connectivity index (χ0n) is 15.2. The highest BCUT2D eigenvalue weighted by Gasteiger charge is 2.39. The van der Waals surface area contributed by atoms with Crippen LogP contribution in [0.3, 0.4) is 0 Å². The predicted molar refractivity (Wildman–Crippen MR) is 101 cm³/mol. The van der Waals surface area contributed by atoms with Crippen molar-refractivity contribution >= 4 is 28.7 Å². The fraction of sp³-hybridized carbons (Fsp3) is 0.450. The van der Waals surface area contributed by atoms with E-state index in [-0.39, 0.29) is 24.3 Å². The average molecular weight is 368 g/mol. The second-order valence-electron chi connectivity index (χ2n) is 7.35. The standard InChI is InChI=1S/C20H24N4O3/c25-18(22-14-5-1-2-6-14)11-17-19(26)24(20(27)23-17)10-9-13-12-21-16-8-4-3-7-15(13)16/h3-4,7-8,12,14,17,21H,1-2,5-6,9-11H2,(H,22,25)(H,23,27). The van der Waals surface area contributed by atoms with Gasteiger partial charge in [-0.1, -0.05) is 31.0 Å². The van der Waals surface area contributed by atoms with E-state index in [9.17, 15) is 14.4 Å². The number of H-pyrrole nitrogens is 1. The monoisotopic (exact) mass is 368 g/mol. The maximum absolute atomic E-state index is 12.6. The van der Waals surface area contributed by atoms with Crippen LogP contribution < -0.4 is 10.6 Å². The van der Waals surface area contributed by atoms with Gasteiger partial charge in [0.1, 0.15) is 6.04 Å². The molecule has 1 atom stereocenters. The second kappa shape index (κ2) is 7.42. The van der Waals surface area contributed by atoms with E-state index in [1.54, 1.807) is 0 Å². The molecule has 2 fully saturated rings. The van der Waals surface area contributed by atoms with Crippen LogP contribution in [-0.2, 0) is 16.0 Å². The molecule has 0 bridgehead atoms. The Morgan fingerprint density at radius 1 is 1.19 bits per heavy atom. The molecule has 2 aliphatic rings. The summed E-state index contributed by atoms with van der Waals surface area (Å²) in [5, 5.41) is 6.71. The Bertz CT molecular complexity index is 869. The molecule has 0 spiro atoms. The SMILES string of the molecule is O=C(CC1NC(=O)N(CCc2c[nH]c3ccccc23)C1=O)NC1CCCC1. The van der Waals surface area contributed by atoms with Gasteiger partial charge in [0, 0.05) is 29.7 Å². The number of fused-ring (bicyclic) bond motifs is 1. The first kappa shape index (κ1) is 17.6. The van der Waals surface area contributed by atoms with Gasteiger partial charge in [-0.3, -0.25) is 14.5 Å². The van der Waals surface area contributed by atoms with Crippen molar-refractivity contribution < 1.29 is 14.4 Å². The van der Waals surface area contributed by atoms with Crippen molar-refractivity contribution in [2.45, 2.75) is 50.6 Å². The summed E-state index contributed by atoms with van der Waals surface area (Å²) in [7, 11) is 0. The van der Waals surface area contributed by atoms with E-state index in [1.807, 2.05) is 30.5 Å². The molecule has 1 saturated carbocycles. The number of benzene rings is 1. The summed E-state index contributed by atoms with van der Waals surface area (Å²) in [6, 6.07) is 6.96. The van der Waals surface area contributed by atoms with E-state index in [2.05, 4.69) is 15.6 Å². The third-order valence-electron chi connectivity index (χ3n) is 5.50. The summed E-state index contributed by atoms with van der Waals surface area (Å²) in [6.45, 7) is 0.299. The van der Waals surface area contributed by atoms with Crippen molar-refractivity contribution in [1.29, 1.82) is 0 Å². The fourth-order valence-corrected chi connectivity index (χ4v) is 4.04. The molecule has 7 nitrogen and oxygen atoms in total. The minimum Gasteiger partial charge on any atom is -0.361 e. The molecule has 142 valence electrons. The highest BCUT2D eigenvalue weighted by atomic mass is 16.2. The normalized spacial score (nSPS) is 20.4. The zero-order valence-corrected chi connectivity index (χ0v) is 15.2. The number of nitrogens with zero attached hydrogens (tertiary/aromatic N) is 1. The Morgan fingerprint density at radius 3 is 2.78 bits per heavy atom. The number of imide groups is 1. The van der Waals surface area contributed by atoms with Gasteiger partial charge in [-0.05, 0) is 30.9 Å². The Kier molecular flexibility index (Phi) is 4.83. The van der Waals surface area contributed by atoms with Gasteiger partial charge in [-0.15, -0.1) is 0 Å². The number of carbonyl (C=O) groups is 3. The van der Waals surface area contributed by atoms with Crippen LogP contribution in [0.2, 0.25) is 0 Å². The van der Waals surface area contributed by atoms with Crippen LogP contribution in [-0.4, -0.2) is 46.4 Å². The van der Waals surface area contributed by atoms with Crippen molar-refractivity contribution in [3.63, 3.8) is 0 Å². The summed E-state index contributed by atoms with van der Waals surface area (Å²) >= 11 is 0. The van der Waals surface area contributed by atoms with Gasteiger partial charge >= 0.3 is 6.03 Å². The van der Waals surface area contributed by atoms with Gasteiger partial charge in [0.25, 0.3) is 5.91 Å². The average Bonchev–Trinajstić information content (AvgIpc) is 3.36. The molecule has 2 heterocycles. The van der Waals surface area contributed by atoms with Crippen molar-refractivity contribution in [2.75, 3.05) is 6.54 Å². The molecular formula is C20H24N4O3. The van der Waals surface area contributed by atoms with E-state index in [4.69, 9.17) is 0 Å².